The summed E-state index contributed by atoms with van der Waals surface area (Å²) in [4.78, 5) is 7.10. The quantitative estimate of drug-likeness (QED) is 0.726. The standard InChI is InChI=1S/C13H11F2N3S2/c1-2-9(12-16-3-4-20-12)18-10-6-7(14)5-8(15)11(10)17-13(18)19/h3-6,9H,2H2,1H3,(H,17,19). The van der Waals surface area contributed by atoms with Crippen molar-refractivity contribution in [2.24, 2.45) is 0 Å². The number of nitrogens with zero attached hydrogens (tertiary/aromatic N) is 2. The molecule has 1 atom stereocenters. The minimum Gasteiger partial charge on any atom is -0.328 e. The molecule has 0 amide bonds. The molecule has 0 fully saturated rings. The zero-order chi connectivity index (χ0) is 14.3. The van der Waals surface area contributed by atoms with Gasteiger partial charge in [-0.1, -0.05) is 6.92 Å². The molecule has 0 aliphatic carbocycles. The monoisotopic (exact) mass is 311 g/mol. The maximum Gasteiger partial charge on any atom is 0.178 e. The molecular weight excluding hydrogens is 300 g/mol. The van der Waals surface area contributed by atoms with Gasteiger partial charge in [0.05, 0.1) is 11.6 Å². The van der Waals surface area contributed by atoms with E-state index in [0.29, 0.717) is 10.3 Å². The van der Waals surface area contributed by atoms with Crippen LogP contribution in [0.5, 0.6) is 0 Å². The summed E-state index contributed by atoms with van der Waals surface area (Å²) in [6.07, 6.45) is 2.44. The largest absolute Gasteiger partial charge is 0.328 e. The molecule has 0 aliphatic heterocycles. The summed E-state index contributed by atoms with van der Waals surface area (Å²) in [5.41, 5.74) is 0.654. The lowest BCUT2D eigenvalue weighted by Crippen LogP contribution is -2.09. The molecule has 0 saturated heterocycles. The number of rotatable bonds is 3. The molecule has 0 saturated carbocycles. The Morgan fingerprint density at radius 3 is 2.90 bits per heavy atom. The smallest absolute Gasteiger partial charge is 0.178 e. The van der Waals surface area contributed by atoms with Gasteiger partial charge in [-0.25, -0.2) is 13.8 Å². The molecule has 3 rings (SSSR count). The molecule has 20 heavy (non-hydrogen) atoms. The minimum absolute atomic E-state index is 0.127. The predicted octanol–water partition coefficient (Wildman–Crippen LogP) is 4.43. The summed E-state index contributed by atoms with van der Waals surface area (Å²) in [7, 11) is 0. The van der Waals surface area contributed by atoms with Crippen LogP contribution in [0.4, 0.5) is 8.78 Å². The molecule has 1 aromatic carbocycles. The fourth-order valence-electron chi connectivity index (χ4n) is 2.33. The molecule has 3 aromatic rings. The molecule has 2 heterocycles. The second-order valence-electron chi connectivity index (χ2n) is 4.38. The van der Waals surface area contributed by atoms with Crippen molar-refractivity contribution in [3.8, 4) is 0 Å². The first-order chi connectivity index (χ1) is 9.61. The van der Waals surface area contributed by atoms with Crippen LogP contribution in [-0.2, 0) is 0 Å². The first kappa shape index (κ1) is 13.4. The Bertz CT molecular complexity index is 805. The van der Waals surface area contributed by atoms with Gasteiger partial charge in [0.25, 0.3) is 0 Å². The number of benzene rings is 1. The van der Waals surface area contributed by atoms with E-state index in [0.717, 1.165) is 17.5 Å². The van der Waals surface area contributed by atoms with Crippen LogP contribution >= 0.6 is 23.6 Å². The van der Waals surface area contributed by atoms with Gasteiger partial charge in [-0.3, -0.25) is 0 Å². The van der Waals surface area contributed by atoms with Crippen LogP contribution in [0.1, 0.15) is 24.4 Å². The zero-order valence-corrected chi connectivity index (χ0v) is 12.2. The second-order valence-corrected chi connectivity index (χ2v) is 5.69. The number of imidazole rings is 1. The lowest BCUT2D eigenvalue weighted by atomic mass is 10.2. The van der Waals surface area contributed by atoms with Crippen LogP contribution in [0, 0.1) is 16.4 Å². The third-order valence-corrected chi connectivity index (χ3v) is 4.35. The molecule has 1 unspecified atom stereocenters. The first-order valence-corrected chi connectivity index (χ1v) is 7.39. The highest BCUT2D eigenvalue weighted by Crippen LogP contribution is 2.29. The second kappa shape index (κ2) is 5.06. The van der Waals surface area contributed by atoms with Crippen LogP contribution in [0.25, 0.3) is 11.0 Å². The Morgan fingerprint density at radius 1 is 1.45 bits per heavy atom. The maximum absolute atomic E-state index is 13.8. The minimum atomic E-state index is -0.640. The number of nitrogens with one attached hydrogen (secondary N) is 1. The number of fused-ring (bicyclic) bond motifs is 1. The van der Waals surface area contributed by atoms with Crippen molar-refractivity contribution in [2.75, 3.05) is 0 Å². The van der Waals surface area contributed by atoms with Crippen molar-refractivity contribution in [1.82, 2.24) is 14.5 Å². The van der Waals surface area contributed by atoms with E-state index in [-0.39, 0.29) is 11.6 Å². The van der Waals surface area contributed by atoms with Gasteiger partial charge in [0.15, 0.2) is 10.6 Å². The van der Waals surface area contributed by atoms with E-state index < -0.39 is 11.6 Å². The molecule has 2 aromatic heterocycles. The molecular formula is C13H11F2N3S2. The predicted molar refractivity (Wildman–Crippen MR) is 77.6 cm³/mol. The Labute approximate surface area is 122 Å². The van der Waals surface area contributed by atoms with E-state index in [1.54, 1.807) is 10.8 Å². The summed E-state index contributed by atoms with van der Waals surface area (Å²) in [6.45, 7) is 1.99. The van der Waals surface area contributed by atoms with E-state index in [1.807, 2.05) is 12.3 Å². The van der Waals surface area contributed by atoms with Crippen LogP contribution < -0.4 is 0 Å². The number of aromatic nitrogens is 3. The molecule has 0 radical (unpaired) electrons. The van der Waals surface area contributed by atoms with E-state index in [2.05, 4.69) is 9.97 Å². The van der Waals surface area contributed by atoms with Gasteiger partial charge in [-0.2, -0.15) is 0 Å². The van der Waals surface area contributed by atoms with Gasteiger partial charge in [-0.05, 0) is 24.7 Å². The van der Waals surface area contributed by atoms with Gasteiger partial charge >= 0.3 is 0 Å². The lowest BCUT2D eigenvalue weighted by molar-refractivity contribution is 0.566. The van der Waals surface area contributed by atoms with Gasteiger partial charge < -0.3 is 9.55 Å². The number of halogens is 2. The van der Waals surface area contributed by atoms with Crippen LogP contribution in [-0.4, -0.2) is 14.5 Å². The third-order valence-electron chi connectivity index (χ3n) is 3.18. The molecule has 0 bridgehead atoms. The Kier molecular flexibility index (Phi) is 3.39. The average Bonchev–Trinajstić information content (AvgIpc) is 3.01. The van der Waals surface area contributed by atoms with Gasteiger partial charge in [0.1, 0.15) is 16.3 Å². The highest BCUT2D eigenvalue weighted by molar-refractivity contribution is 7.71. The van der Waals surface area contributed by atoms with Crippen molar-refractivity contribution >= 4 is 34.6 Å². The fourth-order valence-corrected chi connectivity index (χ4v) is 3.47. The molecule has 1 N–H and O–H groups in total. The summed E-state index contributed by atoms with van der Waals surface area (Å²) in [5.74, 6) is -1.26. The number of hydrogen-bond acceptors (Lipinski definition) is 3. The van der Waals surface area contributed by atoms with Crippen LogP contribution in [0.3, 0.4) is 0 Å². The van der Waals surface area contributed by atoms with Gasteiger partial charge in [0.2, 0.25) is 0 Å². The highest BCUT2D eigenvalue weighted by atomic mass is 32.1. The van der Waals surface area contributed by atoms with Crippen molar-refractivity contribution < 1.29 is 8.78 Å². The molecule has 3 nitrogen and oxygen atoms in total. The zero-order valence-electron chi connectivity index (χ0n) is 10.6. The Hall–Kier alpha value is -1.60. The third kappa shape index (κ3) is 2.06. The molecule has 0 aliphatic rings. The topological polar surface area (TPSA) is 33.6 Å². The van der Waals surface area contributed by atoms with E-state index in [1.165, 1.54) is 17.4 Å². The van der Waals surface area contributed by atoms with E-state index >= 15 is 0 Å². The summed E-state index contributed by atoms with van der Waals surface area (Å²) in [5, 5.41) is 2.74. The molecule has 7 heteroatoms. The van der Waals surface area contributed by atoms with Crippen molar-refractivity contribution in [2.45, 2.75) is 19.4 Å². The van der Waals surface area contributed by atoms with Crippen molar-refractivity contribution in [3.05, 3.63) is 45.1 Å². The maximum atomic E-state index is 13.8. The SMILES string of the molecule is CCC(c1nccs1)n1c(=S)[nH]c2c(F)cc(F)cc21. The summed E-state index contributed by atoms with van der Waals surface area (Å²) < 4.78 is 29.4. The number of thiazole rings is 1. The highest BCUT2D eigenvalue weighted by Gasteiger charge is 2.20. The Balaban J connectivity index is 2.30. The first-order valence-electron chi connectivity index (χ1n) is 6.10. The van der Waals surface area contributed by atoms with Crippen molar-refractivity contribution in [1.29, 1.82) is 0 Å². The average molecular weight is 311 g/mol. The molecule has 104 valence electrons. The van der Waals surface area contributed by atoms with Crippen molar-refractivity contribution in [3.63, 3.8) is 0 Å². The Morgan fingerprint density at radius 2 is 2.25 bits per heavy atom. The lowest BCUT2D eigenvalue weighted by Gasteiger charge is -2.15. The van der Waals surface area contributed by atoms with Gasteiger partial charge in [-0.15, -0.1) is 11.3 Å². The number of H-pyrrole nitrogens is 1. The van der Waals surface area contributed by atoms with Gasteiger partial charge in [0, 0.05) is 17.6 Å². The molecule has 0 spiro atoms. The number of aromatic amines is 1. The normalized spacial score (nSPS) is 12.9. The van der Waals surface area contributed by atoms with Crippen LogP contribution in [0.15, 0.2) is 23.7 Å². The fraction of sp³-hybridized carbons (Fsp3) is 0.231. The summed E-state index contributed by atoms with van der Waals surface area (Å²) >= 11 is 6.77. The van der Waals surface area contributed by atoms with Crippen LogP contribution in [0.2, 0.25) is 0 Å². The van der Waals surface area contributed by atoms with E-state index in [9.17, 15) is 8.78 Å². The van der Waals surface area contributed by atoms with E-state index in [4.69, 9.17) is 12.2 Å². The summed E-state index contributed by atoms with van der Waals surface area (Å²) in [6, 6.07) is 2.01. The number of hydrogen-bond donors (Lipinski definition) is 1.